The average Bonchev–Trinajstić information content (AvgIpc) is 3.00. The normalized spacial score (nSPS) is 18.3. The summed E-state index contributed by atoms with van der Waals surface area (Å²) in [7, 11) is 0. The molecule has 204 valence electrons. The highest BCUT2D eigenvalue weighted by Gasteiger charge is 2.35. The van der Waals surface area contributed by atoms with E-state index in [0.717, 1.165) is 68.9 Å². The van der Waals surface area contributed by atoms with E-state index in [-0.39, 0.29) is 5.91 Å². The van der Waals surface area contributed by atoms with E-state index in [1.54, 1.807) is 0 Å². The van der Waals surface area contributed by atoms with Gasteiger partial charge in [-0.1, -0.05) is 12.1 Å². The summed E-state index contributed by atoms with van der Waals surface area (Å²) in [5, 5.41) is 5.57. The number of hydrogen-bond donors (Lipinski definition) is 2. The van der Waals surface area contributed by atoms with Crippen LogP contribution in [0.4, 0.5) is 5.69 Å². The van der Waals surface area contributed by atoms with Gasteiger partial charge in [0.1, 0.15) is 24.6 Å². The second kappa shape index (κ2) is 9.48. The number of nitrogens with two attached hydrogens (primary N) is 1. The van der Waals surface area contributed by atoms with Crippen molar-refractivity contribution >= 4 is 17.2 Å². The fourth-order valence-electron chi connectivity index (χ4n) is 7.90. The van der Waals surface area contributed by atoms with Gasteiger partial charge in [-0.05, 0) is 73.9 Å². The van der Waals surface area contributed by atoms with Gasteiger partial charge in [0.2, 0.25) is 5.36 Å². The quantitative estimate of drug-likeness (QED) is 0.396. The van der Waals surface area contributed by atoms with E-state index in [1.165, 1.54) is 75.3 Å². The largest absolute Gasteiger partial charge is 0.455 e. The number of nitrogens with one attached hydrogen (secondary N) is 1. The van der Waals surface area contributed by atoms with E-state index < -0.39 is 0 Å². The number of anilines is 1. The van der Waals surface area contributed by atoms with Crippen LogP contribution in [0.3, 0.4) is 0 Å². The first-order valence-electron chi connectivity index (χ1n) is 15.2. The molecule has 0 saturated heterocycles. The fraction of sp³-hybridized carbons (Fsp3) is 0.412. The molecule has 1 amide bonds. The Morgan fingerprint density at radius 3 is 2.48 bits per heavy atom. The number of amides is 1. The molecule has 6 heteroatoms. The Kier molecular flexibility index (Phi) is 5.73. The third-order valence-electron chi connectivity index (χ3n) is 9.55. The summed E-state index contributed by atoms with van der Waals surface area (Å²) in [5.41, 5.74) is 17.1. The van der Waals surface area contributed by atoms with Gasteiger partial charge in [0, 0.05) is 77.8 Å². The van der Waals surface area contributed by atoms with Crippen LogP contribution in [0.25, 0.3) is 5.57 Å². The average molecular weight is 534 g/mol. The molecular formula is C34H37N4O2+. The molecule has 6 nitrogen and oxygen atoms in total. The number of nitrogens with zero attached hydrogens (tertiary/aromatic N) is 2. The van der Waals surface area contributed by atoms with E-state index >= 15 is 0 Å². The van der Waals surface area contributed by atoms with Crippen molar-refractivity contribution in [1.29, 1.82) is 0 Å². The number of aryl methyl sites for hydroxylation is 2. The molecule has 0 spiro atoms. The molecule has 3 aromatic rings. The number of rotatable bonds is 4. The number of carbonyl (C=O) groups is 1. The maximum absolute atomic E-state index is 12.6. The van der Waals surface area contributed by atoms with Crippen molar-refractivity contribution in [2.24, 2.45) is 5.73 Å². The third kappa shape index (κ3) is 3.65. The lowest BCUT2D eigenvalue weighted by Gasteiger charge is -2.39. The van der Waals surface area contributed by atoms with Crippen molar-refractivity contribution in [2.75, 3.05) is 44.2 Å². The molecule has 40 heavy (non-hydrogen) atoms. The van der Waals surface area contributed by atoms with Gasteiger partial charge in [0.25, 0.3) is 5.91 Å². The smallest absolute Gasteiger partial charge is 0.251 e. The van der Waals surface area contributed by atoms with E-state index in [4.69, 9.17) is 10.5 Å². The third-order valence-corrected chi connectivity index (χ3v) is 9.55. The Bertz CT molecular complexity index is 1680. The lowest BCUT2D eigenvalue weighted by atomic mass is 9.82. The number of hydrogen-bond acceptors (Lipinski definition) is 4. The van der Waals surface area contributed by atoms with Crippen LogP contribution >= 0.6 is 0 Å². The Morgan fingerprint density at radius 1 is 0.900 bits per heavy atom. The van der Waals surface area contributed by atoms with E-state index in [9.17, 15) is 4.79 Å². The second-order valence-electron chi connectivity index (χ2n) is 12.0. The Morgan fingerprint density at radius 2 is 1.65 bits per heavy atom. The van der Waals surface area contributed by atoms with Gasteiger partial charge in [-0.3, -0.25) is 4.79 Å². The molecule has 0 bridgehead atoms. The molecule has 0 fully saturated rings. The van der Waals surface area contributed by atoms with Gasteiger partial charge in [0.15, 0.2) is 0 Å². The molecule has 0 radical (unpaired) electrons. The van der Waals surface area contributed by atoms with Crippen LogP contribution < -0.4 is 35.8 Å². The highest BCUT2D eigenvalue weighted by atomic mass is 16.5. The minimum absolute atomic E-state index is 0.0769. The maximum Gasteiger partial charge on any atom is 0.251 e. The Balaban J connectivity index is 1.40. The van der Waals surface area contributed by atoms with Crippen LogP contribution in [0.15, 0.2) is 36.4 Å². The molecule has 8 rings (SSSR count). The molecule has 0 saturated carbocycles. The SMILES string of the molecule is NCCNC(=O)c1ccc(C2=c3cc4c5c(c3Oc3c2cc2c6c3CCCN6CCC2)CCC[N+]=5CCC4)cc1. The summed E-state index contributed by atoms with van der Waals surface area (Å²) in [5.74, 6) is 2.07. The first kappa shape index (κ1) is 24.2. The molecule has 0 unspecified atom stereocenters. The molecule has 0 aliphatic carbocycles. The molecule has 5 heterocycles. The maximum atomic E-state index is 12.6. The van der Waals surface area contributed by atoms with Crippen molar-refractivity contribution in [3.05, 3.63) is 85.9 Å². The predicted octanol–water partition coefficient (Wildman–Crippen LogP) is 2.81. The highest BCUT2D eigenvalue weighted by molar-refractivity contribution is 5.95. The minimum atomic E-state index is -0.0769. The zero-order chi connectivity index (χ0) is 26.8. The topological polar surface area (TPSA) is 70.6 Å². The van der Waals surface area contributed by atoms with Crippen LogP contribution in [-0.2, 0) is 25.7 Å². The zero-order valence-corrected chi connectivity index (χ0v) is 23.2. The number of benzene rings is 3. The second-order valence-corrected chi connectivity index (χ2v) is 12.0. The van der Waals surface area contributed by atoms with Crippen molar-refractivity contribution in [2.45, 2.75) is 51.4 Å². The molecule has 5 aliphatic heterocycles. The Labute approximate surface area is 235 Å². The molecule has 0 atom stereocenters. The fourth-order valence-corrected chi connectivity index (χ4v) is 7.90. The number of ether oxygens (including phenoxy) is 1. The molecule has 0 aromatic heterocycles. The van der Waals surface area contributed by atoms with Gasteiger partial charge in [0.05, 0.1) is 5.56 Å². The highest BCUT2D eigenvalue weighted by Crippen LogP contribution is 2.48. The minimum Gasteiger partial charge on any atom is -0.455 e. The summed E-state index contributed by atoms with van der Waals surface area (Å²) >= 11 is 0. The zero-order valence-electron chi connectivity index (χ0n) is 23.2. The predicted molar refractivity (Wildman–Crippen MR) is 158 cm³/mol. The van der Waals surface area contributed by atoms with E-state index in [1.807, 2.05) is 12.1 Å². The molecule has 5 aliphatic rings. The summed E-state index contributed by atoms with van der Waals surface area (Å²) < 4.78 is 9.73. The number of carbonyl (C=O) groups excluding carboxylic acids is 1. The van der Waals surface area contributed by atoms with Crippen molar-refractivity contribution in [3.63, 3.8) is 0 Å². The monoisotopic (exact) mass is 533 g/mol. The first-order valence-corrected chi connectivity index (χ1v) is 15.2. The first-order chi connectivity index (χ1) is 19.7. The van der Waals surface area contributed by atoms with Crippen LogP contribution in [0.1, 0.15) is 69.4 Å². The van der Waals surface area contributed by atoms with Gasteiger partial charge >= 0.3 is 0 Å². The summed E-state index contributed by atoms with van der Waals surface area (Å²) in [6.07, 6.45) is 9.14. The van der Waals surface area contributed by atoms with Gasteiger partial charge in [-0.25, -0.2) is 4.58 Å². The van der Waals surface area contributed by atoms with Crippen molar-refractivity contribution in [3.8, 4) is 11.5 Å². The van der Waals surface area contributed by atoms with Crippen molar-refractivity contribution in [1.82, 2.24) is 9.89 Å². The number of fused-ring (bicyclic) bond motifs is 4. The summed E-state index contributed by atoms with van der Waals surface area (Å²) in [6.45, 7) is 5.50. The van der Waals surface area contributed by atoms with E-state index in [0.29, 0.717) is 18.7 Å². The van der Waals surface area contributed by atoms with Crippen LogP contribution in [0.5, 0.6) is 11.5 Å². The van der Waals surface area contributed by atoms with E-state index in [2.05, 4.69) is 39.1 Å². The lowest BCUT2D eigenvalue weighted by molar-refractivity contribution is 0.0954. The standard InChI is InChI=1S/C34H36N4O2/c35-13-14-36-34(39)22-11-9-21(10-12-22)29-27-19-23-5-1-15-37-17-3-7-25(30(23)37)32(27)40-33-26-8-4-18-38-16-2-6-24(31(26)38)20-28(29)33/h9-12,19-20H,1-8,13-18,35H2/p+1. The van der Waals surface area contributed by atoms with Gasteiger partial charge in [-0.15, -0.1) is 0 Å². The van der Waals surface area contributed by atoms with Gasteiger partial charge < -0.3 is 20.7 Å². The lowest BCUT2D eigenvalue weighted by Crippen LogP contribution is -2.45. The summed E-state index contributed by atoms with van der Waals surface area (Å²) in [6, 6.07) is 13.0. The molecule has 3 N–H and O–H groups in total. The van der Waals surface area contributed by atoms with Crippen molar-refractivity contribution < 1.29 is 9.53 Å². The summed E-state index contributed by atoms with van der Waals surface area (Å²) in [4.78, 5) is 15.2. The Hall–Kier alpha value is -3.64. The molecular weight excluding hydrogens is 496 g/mol. The van der Waals surface area contributed by atoms with Gasteiger partial charge in [-0.2, -0.15) is 0 Å². The van der Waals surface area contributed by atoms with Crippen LogP contribution in [0.2, 0.25) is 0 Å². The van der Waals surface area contributed by atoms with Crippen LogP contribution in [0, 0.1) is 0 Å². The molecule has 3 aromatic carbocycles. The van der Waals surface area contributed by atoms with Crippen LogP contribution in [-0.4, -0.2) is 45.2 Å².